The van der Waals surface area contributed by atoms with Gasteiger partial charge in [0.2, 0.25) is 0 Å². The molecule has 5 nitrogen and oxygen atoms in total. The highest BCUT2D eigenvalue weighted by Gasteiger charge is 2.20. The van der Waals surface area contributed by atoms with Gasteiger partial charge in [-0.25, -0.2) is 9.97 Å². The van der Waals surface area contributed by atoms with Gasteiger partial charge in [-0.3, -0.25) is 9.69 Å². The Morgan fingerprint density at radius 1 is 1.15 bits per heavy atom. The first-order valence-corrected chi connectivity index (χ1v) is 10.1. The average molecular weight is 416 g/mol. The molecule has 0 aliphatic rings. The molecule has 0 saturated heterocycles. The number of aromatic nitrogens is 2. The van der Waals surface area contributed by atoms with Crippen LogP contribution in [0.25, 0.3) is 10.2 Å². The van der Waals surface area contributed by atoms with Crippen LogP contribution in [-0.4, -0.2) is 22.9 Å². The molecule has 8 heteroatoms. The third-order valence-electron chi connectivity index (χ3n) is 3.82. The van der Waals surface area contributed by atoms with Crippen molar-refractivity contribution in [3.8, 4) is 5.75 Å². The lowest BCUT2D eigenvalue weighted by molar-refractivity contribution is 0.0988. The number of hydrogen-bond donors (Lipinski definition) is 0. The SMILES string of the molecule is CN(C(=O)c1csc(COc2ccc(Cl)cc2)n1)c1nc2ccccc2s1. The molecule has 0 unspecified atom stereocenters. The Hall–Kier alpha value is -2.48. The summed E-state index contributed by atoms with van der Waals surface area (Å²) in [6, 6.07) is 14.9. The van der Waals surface area contributed by atoms with E-state index in [4.69, 9.17) is 16.3 Å². The molecule has 0 aliphatic heterocycles. The topological polar surface area (TPSA) is 55.3 Å². The van der Waals surface area contributed by atoms with Crippen molar-refractivity contribution < 1.29 is 9.53 Å². The van der Waals surface area contributed by atoms with Gasteiger partial charge >= 0.3 is 0 Å². The fourth-order valence-corrected chi connectivity index (χ4v) is 4.14. The summed E-state index contributed by atoms with van der Waals surface area (Å²) in [6.07, 6.45) is 0. The highest BCUT2D eigenvalue weighted by atomic mass is 35.5. The van der Waals surface area contributed by atoms with Gasteiger partial charge in [0.25, 0.3) is 5.91 Å². The Kier molecular flexibility index (Phi) is 5.07. The number of fused-ring (bicyclic) bond motifs is 1. The van der Waals surface area contributed by atoms with Crippen molar-refractivity contribution in [2.24, 2.45) is 0 Å². The van der Waals surface area contributed by atoms with E-state index < -0.39 is 0 Å². The fourth-order valence-electron chi connectivity index (χ4n) is 2.41. The van der Waals surface area contributed by atoms with Crippen LogP contribution < -0.4 is 9.64 Å². The van der Waals surface area contributed by atoms with Gasteiger partial charge in [-0.1, -0.05) is 35.1 Å². The molecule has 0 atom stereocenters. The number of hydrogen-bond acceptors (Lipinski definition) is 6. The second-order valence-corrected chi connectivity index (χ2v) is 8.09. The van der Waals surface area contributed by atoms with E-state index in [-0.39, 0.29) is 5.91 Å². The molecular weight excluding hydrogens is 402 g/mol. The molecule has 0 spiro atoms. The molecule has 0 fully saturated rings. The molecule has 4 rings (SSSR count). The zero-order chi connectivity index (χ0) is 18.8. The molecule has 0 saturated carbocycles. The van der Waals surface area contributed by atoms with E-state index in [1.165, 1.54) is 27.6 Å². The van der Waals surface area contributed by atoms with Crippen LogP contribution in [0.1, 0.15) is 15.5 Å². The minimum Gasteiger partial charge on any atom is -0.486 e. The molecule has 27 heavy (non-hydrogen) atoms. The third kappa shape index (κ3) is 3.95. The summed E-state index contributed by atoms with van der Waals surface area (Å²) < 4.78 is 6.72. The normalized spacial score (nSPS) is 10.9. The molecule has 0 N–H and O–H groups in total. The van der Waals surface area contributed by atoms with Gasteiger partial charge in [0.1, 0.15) is 23.1 Å². The van der Waals surface area contributed by atoms with Crippen molar-refractivity contribution in [2.45, 2.75) is 6.61 Å². The van der Waals surface area contributed by atoms with E-state index in [2.05, 4.69) is 9.97 Å². The Morgan fingerprint density at radius 2 is 1.93 bits per heavy atom. The number of ether oxygens (including phenoxy) is 1. The van der Waals surface area contributed by atoms with Gasteiger partial charge < -0.3 is 4.74 Å². The van der Waals surface area contributed by atoms with E-state index in [1.54, 1.807) is 36.7 Å². The van der Waals surface area contributed by atoms with Gasteiger partial charge in [0.15, 0.2) is 5.13 Å². The van der Waals surface area contributed by atoms with E-state index in [0.717, 1.165) is 15.2 Å². The van der Waals surface area contributed by atoms with E-state index in [0.29, 0.717) is 28.2 Å². The maximum atomic E-state index is 12.7. The Morgan fingerprint density at radius 3 is 2.70 bits per heavy atom. The van der Waals surface area contributed by atoms with Crippen molar-refractivity contribution in [2.75, 3.05) is 11.9 Å². The molecule has 1 amide bonds. The molecule has 2 aromatic carbocycles. The minimum atomic E-state index is -0.192. The number of thiazole rings is 2. The summed E-state index contributed by atoms with van der Waals surface area (Å²) >= 11 is 8.73. The molecule has 4 aromatic rings. The van der Waals surface area contributed by atoms with Crippen molar-refractivity contribution >= 4 is 55.5 Å². The number of rotatable bonds is 5. The fraction of sp³-hybridized carbons (Fsp3) is 0.105. The molecule has 2 aromatic heterocycles. The van der Waals surface area contributed by atoms with Crippen LogP contribution in [0.2, 0.25) is 5.02 Å². The first-order chi connectivity index (χ1) is 13.1. The van der Waals surface area contributed by atoms with Crippen LogP contribution in [0, 0.1) is 0 Å². The number of anilines is 1. The zero-order valence-corrected chi connectivity index (χ0v) is 16.6. The standard InChI is InChI=1S/C19H14ClN3O2S2/c1-23(19-22-14-4-2-3-5-16(14)27-19)18(24)15-11-26-17(21-15)10-25-13-8-6-12(20)7-9-13/h2-9,11H,10H2,1H3. The summed E-state index contributed by atoms with van der Waals surface area (Å²) in [5.74, 6) is 0.511. The number of para-hydroxylation sites is 1. The summed E-state index contributed by atoms with van der Waals surface area (Å²) in [5.41, 5.74) is 1.27. The number of carbonyl (C=O) groups is 1. The van der Waals surface area contributed by atoms with Gasteiger partial charge in [-0.15, -0.1) is 11.3 Å². The largest absolute Gasteiger partial charge is 0.486 e. The molecule has 0 bridgehead atoms. The van der Waals surface area contributed by atoms with Crippen molar-refractivity contribution in [1.29, 1.82) is 0 Å². The number of amides is 1. The maximum Gasteiger partial charge on any atom is 0.279 e. The predicted octanol–water partition coefficient (Wildman–Crippen LogP) is 5.26. The van der Waals surface area contributed by atoms with Crippen LogP contribution in [0.3, 0.4) is 0 Å². The van der Waals surface area contributed by atoms with Crippen LogP contribution in [0.5, 0.6) is 5.75 Å². The van der Waals surface area contributed by atoms with Crippen LogP contribution in [-0.2, 0) is 6.61 Å². The third-order valence-corrected chi connectivity index (χ3v) is 6.01. The number of nitrogens with zero attached hydrogens (tertiary/aromatic N) is 3. The van der Waals surface area contributed by atoms with Gasteiger partial charge in [0, 0.05) is 17.5 Å². The molecular formula is C19H14ClN3O2S2. The molecule has 2 heterocycles. The highest BCUT2D eigenvalue weighted by molar-refractivity contribution is 7.22. The molecule has 136 valence electrons. The van der Waals surface area contributed by atoms with Crippen molar-refractivity contribution in [1.82, 2.24) is 9.97 Å². The first-order valence-electron chi connectivity index (χ1n) is 8.06. The quantitative estimate of drug-likeness (QED) is 0.446. The van der Waals surface area contributed by atoms with E-state index >= 15 is 0 Å². The summed E-state index contributed by atoms with van der Waals surface area (Å²) in [6.45, 7) is 0.296. The monoisotopic (exact) mass is 415 g/mol. The zero-order valence-electron chi connectivity index (χ0n) is 14.3. The van der Waals surface area contributed by atoms with Gasteiger partial charge in [-0.2, -0.15) is 0 Å². The van der Waals surface area contributed by atoms with Crippen LogP contribution >= 0.6 is 34.3 Å². The second kappa shape index (κ2) is 7.64. The predicted molar refractivity (Wildman–Crippen MR) is 110 cm³/mol. The first kappa shape index (κ1) is 17.9. The van der Waals surface area contributed by atoms with Crippen LogP contribution in [0.4, 0.5) is 5.13 Å². The number of benzene rings is 2. The number of carbonyl (C=O) groups excluding carboxylic acids is 1. The smallest absolute Gasteiger partial charge is 0.279 e. The molecule has 0 radical (unpaired) electrons. The Labute approximate surface area is 168 Å². The Bertz CT molecular complexity index is 1060. The average Bonchev–Trinajstić information content (AvgIpc) is 3.33. The maximum absolute atomic E-state index is 12.7. The lowest BCUT2D eigenvalue weighted by atomic mass is 10.3. The van der Waals surface area contributed by atoms with E-state index in [9.17, 15) is 4.79 Å². The number of halogens is 1. The second-order valence-electron chi connectivity index (χ2n) is 5.70. The lowest BCUT2D eigenvalue weighted by Gasteiger charge is -2.11. The van der Waals surface area contributed by atoms with Gasteiger partial charge in [-0.05, 0) is 36.4 Å². The van der Waals surface area contributed by atoms with Gasteiger partial charge in [0.05, 0.1) is 10.2 Å². The summed E-state index contributed by atoms with van der Waals surface area (Å²) in [4.78, 5) is 23.2. The Balaban J connectivity index is 1.45. The summed E-state index contributed by atoms with van der Waals surface area (Å²) in [7, 11) is 1.71. The minimum absolute atomic E-state index is 0.192. The summed E-state index contributed by atoms with van der Waals surface area (Å²) in [5, 5.41) is 3.77. The van der Waals surface area contributed by atoms with Crippen molar-refractivity contribution in [3.05, 3.63) is 69.6 Å². The van der Waals surface area contributed by atoms with Crippen LogP contribution in [0.15, 0.2) is 53.9 Å². The highest BCUT2D eigenvalue weighted by Crippen LogP contribution is 2.29. The molecule has 0 aliphatic carbocycles. The lowest BCUT2D eigenvalue weighted by Crippen LogP contribution is -2.26. The van der Waals surface area contributed by atoms with Crippen molar-refractivity contribution in [3.63, 3.8) is 0 Å². The van der Waals surface area contributed by atoms with E-state index in [1.807, 2.05) is 24.3 Å².